The Morgan fingerprint density at radius 1 is 0.978 bits per heavy atom. The lowest BCUT2D eigenvalue weighted by molar-refractivity contribution is -0.385. The molecule has 0 aliphatic rings. The lowest BCUT2D eigenvalue weighted by atomic mass is 10.0. The van der Waals surface area contributed by atoms with Gasteiger partial charge in [0.05, 0.1) is 4.92 Å². The van der Waals surface area contributed by atoms with Gasteiger partial charge in [0.2, 0.25) is 0 Å². The van der Waals surface area contributed by atoms with Gasteiger partial charge in [-0.05, 0) is 80.7 Å². The van der Waals surface area contributed by atoms with Crippen LogP contribution in [-0.4, -0.2) is 54.1 Å². The number of nitrogens with one attached hydrogen (secondary N) is 2. The van der Waals surface area contributed by atoms with E-state index in [4.69, 9.17) is 27.9 Å². The zero-order valence-corrected chi connectivity index (χ0v) is 27.1. The lowest BCUT2D eigenvalue weighted by Crippen LogP contribution is -2.42. The van der Waals surface area contributed by atoms with Gasteiger partial charge in [0.25, 0.3) is 11.6 Å². The molecule has 0 heterocycles. The molecule has 0 saturated carbocycles. The summed E-state index contributed by atoms with van der Waals surface area (Å²) in [5.74, 6) is -1.57. The van der Waals surface area contributed by atoms with Crippen LogP contribution < -0.4 is 20.3 Å². The first-order chi connectivity index (χ1) is 21.6. The average Bonchev–Trinajstić information content (AvgIpc) is 3.02. The van der Waals surface area contributed by atoms with Crippen LogP contribution in [0.3, 0.4) is 0 Å². The van der Waals surface area contributed by atoms with Gasteiger partial charge in [0, 0.05) is 46.9 Å². The van der Waals surface area contributed by atoms with E-state index >= 15 is 0 Å². The molecule has 242 valence electrons. The number of nitrogens with zero attached hydrogens (tertiary/aromatic N) is 2. The first kappa shape index (κ1) is 35.6. The SMILES string of the molecule is CCCNCCCCN(CCC)c1ccc([N+](=O)[O-])c(C(=O)NC(Cc2ccc(OCc3c(Cl)cccc3Cl)cc2)C(=O)O)c1. The minimum atomic E-state index is -1.32. The van der Waals surface area contributed by atoms with Gasteiger partial charge < -0.3 is 25.4 Å². The maximum atomic E-state index is 13.4. The highest BCUT2D eigenvalue weighted by Gasteiger charge is 2.27. The van der Waals surface area contributed by atoms with Crippen molar-refractivity contribution in [1.29, 1.82) is 0 Å². The van der Waals surface area contributed by atoms with Gasteiger partial charge in [-0.2, -0.15) is 0 Å². The summed E-state index contributed by atoms with van der Waals surface area (Å²) in [6, 6.07) is 15.0. The van der Waals surface area contributed by atoms with E-state index in [-0.39, 0.29) is 24.3 Å². The van der Waals surface area contributed by atoms with Crippen LogP contribution in [0.25, 0.3) is 0 Å². The molecule has 10 nitrogen and oxygen atoms in total. The van der Waals surface area contributed by atoms with E-state index in [2.05, 4.69) is 22.5 Å². The van der Waals surface area contributed by atoms with E-state index in [1.807, 2.05) is 6.92 Å². The maximum Gasteiger partial charge on any atom is 0.326 e. The Kier molecular flexibility index (Phi) is 14.4. The molecule has 0 fully saturated rings. The Labute approximate surface area is 273 Å². The van der Waals surface area contributed by atoms with Crippen LogP contribution in [0.2, 0.25) is 10.0 Å². The molecule has 1 amide bonds. The van der Waals surface area contributed by atoms with Gasteiger partial charge in [-0.1, -0.05) is 55.2 Å². The number of halogens is 2. The minimum Gasteiger partial charge on any atom is -0.489 e. The molecule has 0 aliphatic heterocycles. The maximum absolute atomic E-state index is 13.4. The summed E-state index contributed by atoms with van der Waals surface area (Å²) in [5, 5.41) is 28.6. The fourth-order valence-electron chi connectivity index (χ4n) is 4.78. The third-order valence-corrected chi connectivity index (χ3v) is 7.86. The summed E-state index contributed by atoms with van der Waals surface area (Å²) >= 11 is 12.4. The molecule has 3 N–H and O–H groups in total. The number of carboxylic acid groups (broad SMARTS) is 1. The Morgan fingerprint density at radius 3 is 2.31 bits per heavy atom. The fraction of sp³-hybridized carbons (Fsp3) is 0.394. The highest BCUT2D eigenvalue weighted by atomic mass is 35.5. The standard InChI is InChI=1S/C33H40Cl2N4O6/c1-3-16-36-17-5-6-19-38(18-4-2)24-12-15-31(39(43)44)26(21-24)32(40)37-30(33(41)42)20-23-10-13-25(14-11-23)45-22-27-28(34)8-7-9-29(27)35/h7-15,21,30,36H,3-6,16-20,22H2,1-2H3,(H,37,40)(H,41,42). The molecule has 3 aromatic carbocycles. The van der Waals surface area contributed by atoms with Crippen LogP contribution in [0, 0.1) is 10.1 Å². The summed E-state index contributed by atoms with van der Waals surface area (Å²) in [4.78, 5) is 38.8. The number of amides is 1. The predicted molar refractivity (Wildman–Crippen MR) is 178 cm³/mol. The Bertz CT molecular complexity index is 1420. The molecule has 0 aliphatic carbocycles. The molecule has 0 radical (unpaired) electrons. The van der Waals surface area contributed by atoms with Crippen LogP contribution >= 0.6 is 23.2 Å². The molecular weight excluding hydrogens is 619 g/mol. The minimum absolute atomic E-state index is 0.0425. The third-order valence-electron chi connectivity index (χ3n) is 7.15. The number of carboxylic acids is 1. The van der Waals surface area contributed by atoms with Crippen molar-refractivity contribution in [3.63, 3.8) is 0 Å². The molecule has 0 aromatic heterocycles. The third kappa shape index (κ3) is 10.9. The van der Waals surface area contributed by atoms with Crippen molar-refractivity contribution in [2.75, 3.05) is 31.1 Å². The molecule has 0 bridgehead atoms. The molecule has 0 saturated heterocycles. The molecule has 0 spiro atoms. The highest BCUT2D eigenvalue weighted by molar-refractivity contribution is 6.35. The van der Waals surface area contributed by atoms with Crippen molar-refractivity contribution in [3.8, 4) is 5.75 Å². The van der Waals surface area contributed by atoms with Crippen molar-refractivity contribution in [2.45, 2.75) is 58.6 Å². The van der Waals surface area contributed by atoms with E-state index in [9.17, 15) is 24.8 Å². The van der Waals surface area contributed by atoms with E-state index in [1.54, 1.807) is 48.5 Å². The second-order valence-corrected chi connectivity index (χ2v) is 11.4. The number of rotatable bonds is 19. The van der Waals surface area contributed by atoms with Crippen molar-refractivity contribution in [3.05, 3.63) is 97.5 Å². The molecule has 3 rings (SSSR count). The van der Waals surface area contributed by atoms with Gasteiger partial charge in [-0.25, -0.2) is 4.79 Å². The van der Waals surface area contributed by atoms with Gasteiger partial charge in [0.15, 0.2) is 0 Å². The Morgan fingerprint density at radius 2 is 1.69 bits per heavy atom. The normalized spacial score (nSPS) is 11.6. The molecule has 1 atom stereocenters. The van der Waals surface area contributed by atoms with Crippen LogP contribution in [0.5, 0.6) is 5.75 Å². The first-order valence-electron chi connectivity index (χ1n) is 15.1. The van der Waals surface area contributed by atoms with E-state index in [0.717, 1.165) is 45.3 Å². The summed E-state index contributed by atoms with van der Waals surface area (Å²) in [7, 11) is 0. The fourth-order valence-corrected chi connectivity index (χ4v) is 5.28. The topological polar surface area (TPSA) is 134 Å². The number of carbonyl (C=O) groups is 2. The molecule has 1 unspecified atom stereocenters. The second kappa shape index (κ2) is 18.2. The van der Waals surface area contributed by atoms with E-state index in [0.29, 0.717) is 39.2 Å². The zero-order valence-electron chi connectivity index (χ0n) is 25.6. The number of hydrogen-bond acceptors (Lipinski definition) is 7. The predicted octanol–water partition coefficient (Wildman–Crippen LogP) is 6.90. The number of nitro benzene ring substituents is 1. The Balaban J connectivity index is 1.70. The summed E-state index contributed by atoms with van der Waals surface area (Å²) in [5.41, 5.74) is 1.37. The van der Waals surface area contributed by atoms with Crippen LogP contribution in [0.4, 0.5) is 11.4 Å². The molecule has 45 heavy (non-hydrogen) atoms. The van der Waals surface area contributed by atoms with Crippen LogP contribution in [-0.2, 0) is 17.8 Å². The summed E-state index contributed by atoms with van der Waals surface area (Å²) in [6.45, 7) is 7.62. The monoisotopic (exact) mass is 658 g/mol. The number of benzene rings is 3. The number of anilines is 1. The number of unbranched alkanes of at least 4 members (excludes halogenated alkanes) is 1. The molecule has 3 aromatic rings. The van der Waals surface area contributed by atoms with Crippen molar-refractivity contribution in [2.24, 2.45) is 0 Å². The van der Waals surface area contributed by atoms with Crippen molar-refractivity contribution >= 4 is 46.5 Å². The van der Waals surface area contributed by atoms with E-state index < -0.39 is 22.8 Å². The summed E-state index contributed by atoms with van der Waals surface area (Å²) < 4.78 is 5.79. The largest absolute Gasteiger partial charge is 0.489 e. The number of ether oxygens (including phenoxy) is 1. The number of nitro groups is 1. The van der Waals surface area contributed by atoms with Gasteiger partial charge in [0.1, 0.15) is 24.0 Å². The van der Waals surface area contributed by atoms with E-state index in [1.165, 1.54) is 12.1 Å². The van der Waals surface area contributed by atoms with Gasteiger partial charge >= 0.3 is 5.97 Å². The molecular formula is C33H40Cl2N4O6. The van der Waals surface area contributed by atoms with Crippen molar-refractivity contribution < 1.29 is 24.4 Å². The van der Waals surface area contributed by atoms with Crippen LogP contribution in [0.1, 0.15) is 61.0 Å². The van der Waals surface area contributed by atoms with Crippen molar-refractivity contribution in [1.82, 2.24) is 10.6 Å². The second-order valence-electron chi connectivity index (χ2n) is 10.6. The number of carbonyl (C=O) groups excluding carboxylic acids is 1. The average molecular weight is 660 g/mol. The number of aliphatic carboxylic acids is 1. The van der Waals surface area contributed by atoms with Gasteiger partial charge in [-0.3, -0.25) is 14.9 Å². The van der Waals surface area contributed by atoms with Crippen LogP contribution in [0.15, 0.2) is 60.7 Å². The zero-order chi connectivity index (χ0) is 32.8. The quantitative estimate of drug-likeness (QED) is 0.0719. The Hall–Kier alpha value is -3.86. The lowest BCUT2D eigenvalue weighted by Gasteiger charge is -2.25. The summed E-state index contributed by atoms with van der Waals surface area (Å²) in [6.07, 6.45) is 3.77. The first-order valence-corrected chi connectivity index (χ1v) is 15.8. The molecule has 12 heteroatoms. The number of hydrogen-bond donors (Lipinski definition) is 3. The smallest absolute Gasteiger partial charge is 0.326 e. The highest BCUT2D eigenvalue weighted by Crippen LogP contribution is 2.27. The van der Waals surface area contributed by atoms with Gasteiger partial charge in [-0.15, -0.1) is 0 Å².